The molecule has 0 radical (unpaired) electrons. The lowest BCUT2D eigenvalue weighted by molar-refractivity contribution is -0.385. The molecule has 0 bridgehead atoms. The number of nitrogens with one attached hydrogen (secondary N) is 1. The van der Waals surface area contributed by atoms with Crippen LogP contribution < -0.4 is 5.32 Å². The number of hydrogen-bond acceptors (Lipinski definition) is 5. The van der Waals surface area contributed by atoms with Gasteiger partial charge >= 0.3 is 0 Å². The molecule has 0 unspecified atom stereocenters. The van der Waals surface area contributed by atoms with E-state index in [1.165, 1.54) is 12.1 Å². The first-order valence-electron chi connectivity index (χ1n) is 7.31. The second kappa shape index (κ2) is 6.99. The molecule has 1 amide bonds. The molecule has 122 valence electrons. The summed E-state index contributed by atoms with van der Waals surface area (Å²) in [6.07, 6.45) is 1.61. The van der Waals surface area contributed by atoms with Crippen LogP contribution in [-0.4, -0.2) is 32.1 Å². The highest BCUT2D eigenvalue weighted by molar-refractivity contribution is 5.98. The topological polar surface area (TPSA) is 103 Å². The average Bonchev–Trinajstić information content (AvgIpc) is 2.95. The number of aryl methyl sites for hydroxylation is 1. The number of benzene rings is 1. The van der Waals surface area contributed by atoms with Crippen molar-refractivity contribution in [3.63, 3.8) is 0 Å². The number of aromatic nitrogens is 3. The lowest BCUT2D eigenvalue weighted by Gasteiger charge is -2.10. The first-order valence-corrected chi connectivity index (χ1v) is 7.31. The van der Waals surface area contributed by atoms with Crippen molar-refractivity contribution in [2.24, 2.45) is 0 Å². The van der Waals surface area contributed by atoms with Crippen LogP contribution in [0, 0.1) is 17.0 Å². The molecule has 0 aliphatic carbocycles. The van der Waals surface area contributed by atoms with Gasteiger partial charge in [-0.05, 0) is 18.6 Å². The molecule has 2 rings (SSSR count). The molecule has 1 heterocycles. The van der Waals surface area contributed by atoms with Crippen molar-refractivity contribution < 1.29 is 9.72 Å². The van der Waals surface area contributed by atoms with Crippen LogP contribution in [-0.2, 0) is 6.54 Å². The van der Waals surface area contributed by atoms with Crippen LogP contribution in [0.15, 0.2) is 24.5 Å². The van der Waals surface area contributed by atoms with Crippen LogP contribution >= 0.6 is 0 Å². The molecule has 0 fully saturated rings. The summed E-state index contributed by atoms with van der Waals surface area (Å²) in [5.74, 6) is 0.603. The number of nitro groups is 1. The van der Waals surface area contributed by atoms with Crippen LogP contribution in [0.3, 0.4) is 0 Å². The van der Waals surface area contributed by atoms with Crippen LogP contribution in [0.1, 0.15) is 41.5 Å². The molecule has 23 heavy (non-hydrogen) atoms. The predicted molar refractivity (Wildman–Crippen MR) is 84.3 cm³/mol. The zero-order valence-corrected chi connectivity index (χ0v) is 13.3. The molecular weight excluding hydrogens is 298 g/mol. The Morgan fingerprint density at radius 2 is 2.17 bits per heavy atom. The van der Waals surface area contributed by atoms with Crippen molar-refractivity contribution in [2.75, 3.05) is 6.54 Å². The summed E-state index contributed by atoms with van der Waals surface area (Å²) < 4.78 is 1.86. The molecule has 0 saturated heterocycles. The summed E-state index contributed by atoms with van der Waals surface area (Å²) in [5.41, 5.74) is 0.671. The summed E-state index contributed by atoms with van der Waals surface area (Å²) in [4.78, 5) is 22.7. The van der Waals surface area contributed by atoms with Gasteiger partial charge in [0.15, 0.2) is 0 Å². The SMILES string of the molecule is Cc1ccc([N+](=O)[O-])c(C(=O)NCCn2cnnc2C(C)C)c1. The largest absolute Gasteiger partial charge is 0.350 e. The first-order chi connectivity index (χ1) is 10.9. The van der Waals surface area contributed by atoms with E-state index in [9.17, 15) is 14.9 Å². The summed E-state index contributed by atoms with van der Waals surface area (Å²) in [6, 6.07) is 4.48. The van der Waals surface area contributed by atoms with E-state index >= 15 is 0 Å². The van der Waals surface area contributed by atoms with Gasteiger partial charge in [0.2, 0.25) is 0 Å². The van der Waals surface area contributed by atoms with Crippen LogP contribution in [0.2, 0.25) is 0 Å². The van der Waals surface area contributed by atoms with E-state index in [0.29, 0.717) is 13.1 Å². The molecule has 0 atom stereocenters. The van der Waals surface area contributed by atoms with Crippen molar-refractivity contribution in [3.05, 3.63) is 51.6 Å². The van der Waals surface area contributed by atoms with Crippen molar-refractivity contribution in [1.82, 2.24) is 20.1 Å². The first kappa shape index (κ1) is 16.6. The highest BCUT2D eigenvalue weighted by atomic mass is 16.6. The lowest BCUT2D eigenvalue weighted by Crippen LogP contribution is -2.28. The number of carbonyl (C=O) groups is 1. The minimum absolute atomic E-state index is 0.0721. The molecule has 0 aliphatic rings. The highest BCUT2D eigenvalue weighted by Gasteiger charge is 2.19. The van der Waals surface area contributed by atoms with Crippen LogP contribution in [0.4, 0.5) is 5.69 Å². The smallest absolute Gasteiger partial charge is 0.282 e. The maximum Gasteiger partial charge on any atom is 0.282 e. The van der Waals surface area contributed by atoms with Crippen molar-refractivity contribution >= 4 is 11.6 Å². The number of rotatable bonds is 6. The highest BCUT2D eigenvalue weighted by Crippen LogP contribution is 2.19. The number of nitro benzene ring substituents is 1. The third-order valence-electron chi connectivity index (χ3n) is 3.39. The molecule has 1 N–H and O–H groups in total. The van der Waals surface area contributed by atoms with Gasteiger partial charge in [0.1, 0.15) is 17.7 Å². The van der Waals surface area contributed by atoms with Gasteiger partial charge in [-0.15, -0.1) is 10.2 Å². The molecule has 0 spiro atoms. The third kappa shape index (κ3) is 3.91. The lowest BCUT2D eigenvalue weighted by atomic mass is 10.1. The standard InChI is InChI=1S/C15H19N5O3/c1-10(2)14-18-17-9-19(14)7-6-16-15(21)12-8-11(3)4-5-13(12)20(22)23/h4-5,8-10H,6-7H2,1-3H3,(H,16,21). The number of carbonyl (C=O) groups excluding carboxylic acids is 1. The average molecular weight is 317 g/mol. The molecule has 1 aromatic carbocycles. The van der Waals surface area contributed by atoms with E-state index < -0.39 is 10.8 Å². The minimum atomic E-state index is -0.551. The van der Waals surface area contributed by atoms with E-state index in [1.807, 2.05) is 18.4 Å². The number of amides is 1. The van der Waals surface area contributed by atoms with Crippen LogP contribution in [0.5, 0.6) is 0 Å². The molecule has 8 nitrogen and oxygen atoms in total. The van der Waals surface area contributed by atoms with Gasteiger partial charge in [0.25, 0.3) is 11.6 Å². The van der Waals surface area contributed by atoms with Gasteiger partial charge in [-0.25, -0.2) is 0 Å². The van der Waals surface area contributed by atoms with Gasteiger partial charge < -0.3 is 9.88 Å². The maximum absolute atomic E-state index is 12.2. The van der Waals surface area contributed by atoms with Crippen LogP contribution in [0.25, 0.3) is 0 Å². The quantitative estimate of drug-likeness (QED) is 0.648. The summed E-state index contributed by atoms with van der Waals surface area (Å²) in [5, 5.41) is 21.6. The fourth-order valence-electron chi connectivity index (χ4n) is 2.26. The molecule has 2 aromatic rings. The second-order valence-corrected chi connectivity index (χ2v) is 5.57. The molecule has 8 heteroatoms. The second-order valence-electron chi connectivity index (χ2n) is 5.57. The van der Waals surface area contributed by atoms with E-state index in [1.54, 1.807) is 19.3 Å². The van der Waals surface area contributed by atoms with Gasteiger partial charge in [-0.2, -0.15) is 0 Å². The van der Waals surface area contributed by atoms with Gasteiger partial charge in [-0.3, -0.25) is 14.9 Å². The molecule has 1 aromatic heterocycles. The van der Waals surface area contributed by atoms with E-state index in [0.717, 1.165) is 11.4 Å². The summed E-state index contributed by atoms with van der Waals surface area (Å²) in [7, 11) is 0. The van der Waals surface area contributed by atoms with Crippen molar-refractivity contribution in [3.8, 4) is 0 Å². The van der Waals surface area contributed by atoms with E-state index in [2.05, 4.69) is 15.5 Å². The molecule has 0 saturated carbocycles. The predicted octanol–water partition coefficient (Wildman–Crippen LogP) is 2.05. The van der Waals surface area contributed by atoms with Crippen molar-refractivity contribution in [1.29, 1.82) is 0 Å². The Morgan fingerprint density at radius 1 is 1.43 bits per heavy atom. The Balaban J connectivity index is 2.04. The van der Waals surface area contributed by atoms with Gasteiger partial charge in [0.05, 0.1) is 4.92 Å². The Labute approximate surface area is 133 Å². The fraction of sp³-hybridized carbons (Fsp3) is 0.400. The Morgan fingerprint density at radius 3 is 2.83 bits per heavy atom. The van der Waals surface area contributed by atoms with Gasteiger partial charge in [0, 0.05) is 25.1 Å². The third-order valence-corrected chi connectivity index (χ3v) is 3.39. The zero-order chi connectivity index (χ0) is 17.0. The number of nitrogens with zero attached hydrogens (tertiary/aromatic N) is 4. The summed E-state index contributed by atoms with van der Waals surface area (Å²) >= 11 is 0. The molecule has 0 aliphatic heterocycles. The Hall–Kier alpha value is -2.77. The summed E-state index contributed by atoms with van der Waals surface area (Å²) in [6.45, 7) is 6.64. The normalized spacial score (nSPS) is 10.8. The number of hydrogen-bond donors (Lipinski definition) is 1. The van der Waals surface area contributed by atoms with E-state index in [-0.39, 0.29) is 17.2 Å². The Bertz CT molecular complexity index is 724. The Kier molecular flexibility index (Phi) is 5.05. The van der Waals surface area contributed by atoms with Crippen molar-refractivity contribution in [2.45, 2.75) is 33.2 Å². The van der Waals surface area contributed by atoms with E-state index in [4.69, 9.17) is 0 Å². The molecular formula is C15H19N5O3. The minimum Gasteiger partial charge on any atom is -0.350 e. The fourth-order valence-corrected chi connectivity index (χ4v) is 2.26. The maximum atomic E-state index is 12.2. The zero-order valence-electron chi connectivity index (χ0n) is 13.3. The van der Waals surface area contributed by atoms with Gasteiger partial charge in [-0.1, -0.05) is 19.9 Å². The monoisotopic (exact) mass is 317 g/mol.